The molecule has 1 amide bonds. The zero-order valence-corrected chi connectivity index (χ0v) is 13.5. The monoisotopic (exact) mass is 293 g/mol. The maximum Gasteiger partial charge on any atom is 0.407 e. The van der Waals surface area contributed by atoms with Gasteiger partial charge in [-0.05, 0) is 58.1 Å². The number of amides is 1. The SMILES string of the molecule is CC(C)(C)OC(=O)NCC(C)(NCc1cc[nH]c1)C1CC1. The van der Waals surface area contributed by atoms with Crippen LogP contribution in [-0.2, 0) is 11.3 Å². The van der Waals surface area contributed by atoms with Crippen molar-refractivity contribution in [2.45, 2.75) is 58.2 Å². The van der Waals surface area contributed by atoms with Gasteiger partial charge in [-0.15, -0.1) is 0 Å². The number of carbonyl (C=O) groups excluding carboxylic acids is 1. The van der Waals surface area contributed by atoms with Gasteiger partial charge in [0.25, 0.3) is 0 Å². The third kappa shape index (κ3) is 5.08. The van der Waals surface area contributed by atoms with Gasteiger partial charge in [0.1, 0.15) is 5.60 Å². The first-order chi connectivity index (χ1) is 9.78. The van der Waals surface area contributed by atoms with E-state index in [0.717, 1.165) is 6.54 Å². The summed E-state index contributed by atoms with van der Waals surface area (Å²) in [6.07, 6.45) is 5.99. The van der Waals surface area contributed by atoms with Crippen LogP contribution in [0.25, 0.3) is 0 Å². The van der Waals surface area contributed by atoms with E-state index in [1.54, 1.807) is 0 Å². The minimum atomic E-state index is -0.460. The Morgan fingerprint density at radius 1 is 1.38 bits per heavy atom. The molecule has 1 aliphatic carbocycles. The molecule has 0 aliphatic heterocycles. The Morgan fingerprint density at radius 2 is 2.10 bits per heavy atom. The molecule has 3 N–H and O–H groups in total. The summed E-state index contributed by atoms with van der Waals surface area (Å²) in [6, 6.07) is 2.06. The lowest BCUT2D eigenvalue weighted by Crippen LogP contribution is -2.53. The van der Waals surface area contributed by atoms with Crippen molar-refractivity contribution in [3.8, 4) is 0 Å². The zero-order chi connectivity index (χ0) is 15.5. The molecule has 1 unspecified atom stereocenters. The van der Waals surface area contributed by atoms with Crippen LogP contribution in [0.4, 0.5) is 4.79 Å². The number of ether oxygens (including phenoxy) is 1. The molecule has 5 nitrogen and oxygen atoms in total. The average molecular weight is 293 g/mol. The molecule has 21 heavy (non-hydrogen) atoms. The highest BCUT2D eigenvalue weighted by Crippen LogP contribution is 2.39. The van der Waals surface area contributed by atoms with E-state index in [4.69, 9.17) is 4.74 Å². The van der Waals surface area contributed by atoms with Gasteiger partial charge in [-0.2, -0.15) is 0 Å². The van der Waals surface area contributed by atoms with Crippen molar-refractivity contribution in [1.82, 2.24) is 15.6 Å². The fourth-order valence-corrected chi connectivity index (χ4v) is 2.41. The molecule has 1 aromatic heterocycles. The largest absolute Gasteiger partial charge is 0.444 e. The average Bonchev–Trinajstić information content (AvgIpc) is 3.10. The highest BCUT2D eigenvalue weighted by molar-refractivity contribution is 5.67. The summed E-state index contributed by atoms with van der Waals surface area (Å²) < 4.78 is 5.30. The Bertz CT molecular complexity index is 460. The van der Waals surface area contributed by atoms with Crippen LogP contribution in [0, 0.1) is 5.92 Å². The lowest BCUT2D eigenvalue weighted by Gasteiger charge is -2.32. The van der Waals surface area contributed by atoms with Gasteiger partial charge in [-0.25, -0.2) is 4.79 Å². The Hall–Kier alpha value is -1.49. The fourth-order valence-electron chi connectivity index (χ4n) is 2.41. The van der Waals surface area contributed by atoms with Crippen LogP contribution in [-0.4, -0.2) is 28.8 Å². The summed E-state index contributed by atoms with van der Waals surface area (Å²) in [7, 11) is 0. The molecule has 0 bridgehead atoms. The van der Waals surface area contributed by atoms with Gasteiger partial charge < -0.3 is 20.4 Å². The number of carbonyl (C=O) groups is 1. The van der Waals surface area contributed by atoms with Crippen molar-refractivity contribution < 1.29 is 9.53 Å². The van der Waals surface area contributed by atoms with E-state index in [0.29, 0.717) is 12.5 Å². The maximum atomic E-state index is 11.8. The second kappa shape index (κ2) is 6.10. The molecular formula is C16H27N3O2. The second-order valence-corrected chi connectivity index (χ2v) is 7.12. The second-order valence-electron chi connectivity index (χ2n) is 7.12. The predicted molar refractivity (Wildman–Crippen MR) is 83.0 cm³/mol. The summed E-state index contributed by atoms with van der Waals surface area (Å²) in [5.74, 6) is 0.617. The first-order valence-corrected chi connectivity index (χ1v) is 7.62. The molecule has 0 spiro atoms. The standard InChI is InChI=1S/C16H27N3O2/c1-15(2,3)21-14(20)18-11-16(4,13-5-6-13)19-10-12-7-8-17-9-12/h7-9,13,17,19H,5-6,10-11H2,1-4H3,(H,18,20). The molecule has 1 atom stereocenters. The summed E-state index contributed by atoms with van der Waals surface area (Å²) in [4.78, 5) is 14.9. The molecule has 1 aromatic rings. The van der Waals surface area contributed by atoms with Crippen molar-refractivity contribution in [3.63, 3.8) is 0 Å². The van der Waals surface area contributed by atoms with Crippen molar-refractivity contribution in [2.75, 3.05) is 6.54 Å². The molecule has 118 valence electrons. The summed E-state index contributed by atoms with van der Waals surface area (Å²) in [6.45, 7) is 9.17. The van der Waals surface area contributed by atoms with Crippen LogP contribution in [0.2, 0.25) is 0 Å². The Balaban J connectivity index is 1.84. The van der Waals surface area contributed by atoms with Crippen LogP contribution in [0.3, 0.4) is 0 Å². The molecule has 1 aliphatic rings. The lowest BCUT2D eigenvalue weighted by atomic mass is 9.95. The smallest absolute Gasteiger partial charge is 0.407 e. The number of H-pyrrole nitrogens is 1. The molecule has 1 saturated carbocycles. The van der Waals surface area contributed by atoms with E-state index in [2.05, 4.69) is 28.6 Å². The van der Waals surface area contributed by atoms with Crippen molar-refractivity contribution in [2.24, 2.45) is 5.92 Å². The van der Waals surface area contributed by atoms with Gasteiger partial charge >= 0.3 is 6.09 Å². The summed E-state index contributed by atoms with van der Waals surface area (Å²) >= 11 is 0. The molecule has 1 heterocycles. The van der Waals surface area contributed by atoms with Crippen LogP contribution in [0.1, 0.15) is 46.1 Å². The topological polar surface area (TPSA) is 66.2 Å². The minimum Gasteiger partial charge on any atom is -0.444 e. The summed E-state index contributed by atoms with van der Waals surface area (Å²) in [5, 5.41) is 6.49. The van der Waals surface area contributed by atoms with Crippen molar-refractivity contribution in [1.29, 1.82) is 0 Å². The molecule has 5 heteroatoms. The molecular weight excluding hydrogens is 266 g/mol. The van der Waals surface area contributed by atoms with Crippen molar-refractivity contribution in [3.05, 3.63) is 24.0 Å². The summed E-state index contributed by atoms with van der Waals surface area (Å²) in [5.41, 5.74) is 0.673. The third-order valence-electron chi connectivity index (χ3n) is 3.84. The Morgan fingerprint density at radius 3 is 2.62 bits per heavy atom. The first kappa shape index (κ1) is 15.9. The van der Waals surface area contributed by atoms with E-state index in [-0.39, 0.29) is 11.6 Å². The number of hydrogen-bond donors (Lipinski definition) is 3. The van der Waals surface area contributed by atoms with Gasteiger partial charge in [0, 0.05) is 31.0 Å². The van der Waals surface area contributed by atoms with Gasteiger partial charge in [0.05, 0.1) is 0 Å². The lowest BCUT2D eigenvalue weighted by molar-refractivity contribution is 0.0507. The van der Waals surface area contributed by atoms with Crippen LogP contribution >= 0.6 is 0 Å². The molecule has 0 aromatic carbocycles. The fraction of sp³-hybridized carbons (Fsp3) is 0.688. The zero-order valence-electron chi connectivity index (χ0n) is 13.5. The number of nitrogens with one attached hydrogen (secondary N) is 3. The molecule has 0 radical (unpaired) electrons. The quantitative estimate of drug-likeness (QED) is 0.755. The van der Waals surface area contributed by atoms with Crippen LogP contribution in [0.15, 0.2) is 18.5 Å². The van der Waals surface area contributed by atoms with Crippen LogP contribution in [0.5, 0.6) is 0 Å². The number of hydrogen-bond acceptors (Lipinski definition) is 3. The van der Waals surface area contributed by atoms with E-state index >= 15 is 0 Å². The van der Waals surface area contributed by atoms with Crippen molar-refractivity contribution >= 4 is 6.09 Å². The maximum absolute atomic E-state index is 11.8. The number of rotatable bonds is 6. The molecule has 1 fully saturated rings. The van der Waals surface area contributed by atoms with Gasteiger partial charge in [0.15, 0.2) is 0 Å². The Kier molecular flexibility index (Phi) is 4.61. The molecule has 2 rings (SSSR count). The van der Waals surface area contributed by atoms with Crippen LogP contribution < -0.4 is 10.6 Å². The van der Waals surface area contributed by atoms with E-state index in [1.165, 1.54) is 18.4 Å². The normalized spacial score (nSPS) is 18.1. The molecule has 0 saturated heterocycles. The predicted octanol–water partition coefficient (Wildman–Crippen LogP) is 2.80. The number of alkyl carbamates (subject to hydrolysis) is 1. The van der Waals surface area contributed by atoms with E-state index in [1.807, 2.05) is 33.2 Å². The van der Waals surface area contributed by atoms with Gasteiger partial charge in [0.2, 0.25) is 0 Å². The highest BCUT2D eigenvalue weighted by atomic mass is 16.6. The van der Waals surface area contributed by atoms with Gasteiger partial charge in [-0.1, -0.05) is 0 Å². The third-order valence-corrected chi connectivity index (χ3v) is 3.84. The number of aromatic amines is 1. The van der Waals surface area contributed by atoms with E-state index < -0.39 is 5.60 Å². The van der Waals surface area contributed by atoms with E-state index in [9.17, 15) is 4.79 Å². The first-order valence-electron chi connectivity index (χ1n) is 7.62. The highest BCUT2D eigenvalue weighted by Gasteiger charge is 2.41. The Labute approximate surface area is 126 Å². The van der Waals surface area contributed by atoms with Gasteiger partial charge in [-0.3, -0.25) is 0 Å². The number of aromatic nitrogens is 1. The minimum absolute atomic E-state index is 0.0891.